The maximum absolute atomic E-state index is 3.02. The molecule has 0 aliphatic carbocycles. The van der Waals surface area contributed by atoms with Crippen LogP contribution in [0.25, 0.3) is 0 Å². The Labute approximate surface area is 76.4 Å². The number of dihydropyridines is 1. The third kappa shape index (κ3) is 3.15. The van der Waals surface area contributed by atoms with Crippen LogP contribution in [-0.4, -0.2) is 44.3 Å². The molecule has 0 aromatic heterocycles. The monoisotopic (exact) mass is 123 g/mol. The molecule has 1 N–H and O–H groups in total. The van der Waals surface area contributed by atoms with Gasteiger partial charge in [-0.3, -0.25) is 0 Å². The van der Waals surface area contributed by atoms with Crippen molar-refractivity contribution in [3.8, 4) is 0 Å². The number of hydrogen-bond donors (Lipinski definition) is 1. The van der Waals surface area contributed by atoms with Gasteiger partial charge in [0.15, 0.2) is 0 Å². The fraction of sp³-hybridized carbons (Fsp3) is 0.200. The van der Waals surface area contributed by atoms with E-state index in [1.807, 2.05) is 18.4 Å². The van der Waals surface area contributed by atoms with Gasteiger partial charge in [-0.1, -0.05) is 12.2 Å². The quantitative estimate of drug-likeness (QED) is 0.463. The van der Waals surface area contributed by atoms with Crippen LogP contribution in [0.4, 0.5) is 0 Å². The molecule has 2 heteroatoms. The Hall–Kier alpha value is 0.540. The van der Waals surface area contributed by atoms with E-state index in [0.717, 1.165) is 6.54 Å². The van der Waals surface area contributed by atoms with Crippen molar-refractivity contribution in [2.75, 3.05) is 6.54 Å². The standard InChI is InChI=1S/C5H7N.Ca.2H/c1-2-4-6-5-3-1;;;/h1-4,6H,5H2;;;/q;+2;2*-1. The van der Waals surface area contributed by atoms with Crippen molar-refractivity contribution in [1.82, 2.24) is 5.32 Å². The van der Waals surface area contributed by atoms with Gasteiger partial charge in [-0.15, -0.1) is 0 Å². The van der Waals surface area contributed by atoms with E-state index in [1.54, 1.807) is 0 Å². The van der Waals surface area contributed by atoms with Crippen LogP contribution in [0.2, 0.25) is 0 Å². The largest absolute Gasteiger partial charge is 2.00 e. The molecule has 0 saturated heterocycles. The van der Waals surface area contributed by atoms with E-state index in [1.165, 1.54) is 0 Å². The average molecular weight is 123 g/mol. The van der Waals surface area contributed by atoms with Crippen molar-refractivity contribution in [1.29, 1.82) is 0 Å². The van der Waals surface area contributed by atoms with Crippen LogP contribution >= 0.6 is 0 Å². The normalized spacial score (nSPS) is 14.9. The molecule has 1 rings (SSSR count). The number of rotatable bonds is 0. The van der Waals surface area contributed by atoms with Crippen LogP contribution in [0.3, 0.4) is 0 Å². The summed E-state index contributed by atoms with van der Waals surface area (Å²) >= 11 is 0. The molecule has 0 fully saturated rings. The summed E-state index contributed by atoms with van der Waals surface area (Å²) in [6, 6.07) is 0. The molecule has 1 aliphatic rings. The predicted molar refractivity (Wildman–Crippen MR) is 34.3 cm³/mol. The van der Waals surface area contributed by atoms with Gasteiger partial charge in [0.2, 0.25) is 0 Å². The minimum absolute atomic E-state index is 0. The van der Waals surface area contributed by atoms with Gasteiger partial charge in [-0.05, 0) is 12.3 Å². The Morgan fingerprint density at radius 3 is 2.43 bits per heavy atom. The first-order valence-corrected chi connectivity index (χ1v) is 2.05. The summed E-state index contributed by atoms with van der Waals surface area (Å²) < 4.78 is 0. The van der Waals surface area contributed by atoms with E-state index in [2.05, 4.69) is 11.4 Å². The summed E-state index contributed by atoms with van der Waals surface area (Å²) in [5.41, 5.74) is 0. The smallest absolute Gasteiger partial charge is 1.00 e. The minimum atomic E-state index is 0. The van der Waals surface area contributed by atoms with Gasteiger partial charge in [-0.25, -0.2) is 0 Å². The first-order chi connectivity index (χ1) is 3.00. The molecule has 0 radical (unpaired) electrons. The van der Waals surface area contributed by atoms with Gasteiger partial charge in [0.25, 0.3) is 0 Å². The van der Waals surface area contributed by atoms with E-state index in [0.29, 0.717) is 0 Å². The van der Waals surface area contributed by atoms with Crippen LogP contribution in [0, 0.1) is 0 Å². The van der Waals surface area contributed by atoms with Crippen molar-refractivity contribution >= 4 is 37.7 Å². The molecule has 0 aromatic rings. The summed E-state index contributed by atoms with van der Waals surface area (Å²) in [5.74, 6) is 0. The molecule has 0 bridgehead atoms. The Morgan fingerprint density at radius 1 is 1.43 bits per heavy atom. The molecule has 0 spiro atoms. The number of nitrogens with one attached hydrogen (secondary N) is 1. The molecule has 1 aliphatic heterocycles. The molecule has 1 nitrogen and oxygen atoms in total. The first-order valence-electron chi connectivity index (χ1n) is 2.05. The fourth-order valence-corrected chi connectivity index (χ4v) is 0.406. The second-order valence-electron chi connectivity index (χ2n) is 1.20. The van der Waals surface area contributed by atoms with Crippen LogP contribution in [0.5, 0.6) is 0 Å². The zero-order valence-electron chi connectivity index (χ0n) is 6.22. The van der Waals surface area contributed by atoms with Gasteiger partial charge >= 0.3 is 37.7 Å². The predicted octanol–water partition coefficient (Wildman–Crippen LogP) is 0.504. The average Bonchev–Trinajstić information content (AvgIpc) is 1.72. The third-order valence-electron chi connectivity index (χ3n) is 0.697. The van der Waals surface area contributed by atoms with Crippen molar-refractivity contribution in [3.05, 3.63) is 24.4 Å². The van der Waals surface area contributed by atoms with Gasteiger partial charge in [0.05, 0.1) is 0 Å². The maximum Gasteiger partial charge on any atom is 2.00 e. The summed E-state index contributed by atoms with van der Waals surface area (Å²) in [4.78, 5) is 0. The van der Waals surface area contributed by atoms with E-state index in [4.69, 9.17) is 0 Å². The molecular formula is C5H9CaN. The van der Waals surface area contributed by atoms with E-state index >= 15 is 0 Å². The van der Waals surface area contributed by atoms with Crippen LogP contribution in [0.15, 0.2) is 24.4 Å². The van der Waals surface area contributed by atoms with E-state index < -0.39 is 0 Å². The molecule has 0 aromatic carbocycles. The van der Waals surface area contributed by atoms with Crippen LogP contribution in [0.1, 0.15) is 2.85 Å². The SMILES string of the molecule is C1=CCNC=C1.[Ca+2].[H-].[H-]. The molecule has 0 unspecified atom stereocenters. The second-order valence-corrected chi connectivity index (χ2v) is 1.20. The fourth-order valence-electron chi connectivity index (χ4n) is 0.406. The molecule has 0 saturated carbocycles. The van der Waals surface area contributed by atoms with Crippen LogP contribution in [-0.2, 0) is 0 Å². The molecule has 0 atom stereocenters. The summed E-state index contributed by atoms with van der Waals surface area (Å²) in [6.07, 6.45) is 8.00. The van der Waals surface area contributed by atoms with Crippen molar-refractivity contribution in [2.24, 2.45) is 0 Å². The Bertz CT molecular complexity index is 81.0. The van der Waals surface area contributed by atoms with Gasteiger partial charge < -0.3 is 8.17 Å². The second kappa shape index (κ2) is 4.69. The molecule has 36 valence electrons. The third-order valence-corrected chi connectivity index (χ3v) is 0.697. The Morgan fingerprint density at radius 2 is 2.29 bits per heavy atom. The topological polar surface area (TPSA) is 12.0 Å². The maximum atomic E-state index is 3.02. The van der Waals surface area contributed by atoms with Gasteiger partial charge in [0, 0.05) is 6.54 Å². The van der Waals surface area contributed by atoms with Crippen LogP contribution < -0.4 is 5.32 Å². The van der Waals surface area contributed by atoms with Crippen molar-refractivity contribution in [2.45, 2.75) is 0 Å². The molecule has 7 heavy (non-hydrogen) atoms. The zero-order chi connectivity index (χ0) is 4.24. The summed E-state index contributed by atoms with van der Waals surface area (Å²) in [7, 11) is 0. The first kappa shape index (κ1) is 7.54. The zero-order valence-corrected chi connectivity index (χ0v) is 6.43. The molecular weight excluding hydrogens is 114 g/mol. The summed E-state index contributed by atoms with van der Waals surface area (Å²) in [5, 5.41) is 3.02. The van der Waals surface area contributed by atoms with Crippen molar-refractivity contribution < 1.29 is 2.85 Å². The van der Waals surface area contributed by atoms with Crippen molar-refractivity contribution in [3.63, 3.8) is 0 Å². The Balaban J connectivity index is -0.000000120. The van der Waals surface area contributed by atoms with E-state index in [-0.39, 0.29) is 40.6 Å². The Kier molecular flexibility index (Phi) is 5.05. The molecule has 1 heterocycles. The van der Waals surface area contributed by atoms with Gasteiger partial charge in [0.1, 0.15) is 0 Å². The number of allylic oxidation sites excluding steroid dienone is 2. The minimum Gasteiger partial charge on any atom is -1.00 e. The molecule has 0 amide bonds. The number of hydrogen-bond acceptors (Lipinski definition) is 1. The van der Waals surface area contributed by atoms with E-state index in [9.17, 15) is 0 Å². The summed E-state index contributed by atoms with van der Waals surface area (Å²) in [6.45, 7) is 0.983. The van der Waals surface area contributed by atoms with Gasteiger partial charge in [-0.2, -0.15) is 0 Å².